The maximum atomic E-state index is 8.70. The molecule has 92 valence electrons. The van der Waals surface area contributed by atoms with Crippen LogP contribution in [-0.2, 0) is 7.05 Å². The molecule has 0 aromatic carbocycles. The fraction of sp³-hybridized carbons (Fsp3) is 0.692. The zero-order valence-electron chi connectivity index (χ0n) is 10.9. The normalized spacial score (nSPS) is 20.7. The van der Waals surface area contributed by atoms with Crippen LogP contribution in [0.4, 0.5) is 0 Å². The van der Waals surface area contributed by atoms with Crippen LogP contribution >= 0.6 is 0 Å². The summed E-state index contributed by atoms with van der Waals surface area (Å²) in [7, 11) is 2.00. The number of aryl methyl sites for hydroxylation is 2. The first-order valence-corrected chi connectivity index (χ1v) is 6.26. The van der Waals surface area contributed by atoms with Gasteiger partial charge in [0.15, 0.2) is 0 Å². The molecule has 17 heavy (non-hydrogen) atoms. The van der Waals surface area contributed by atoms with Gasteiger partial charge in [-0.3, -0.25) is 9.58 Å². The third-order valence-corrected chi connectivity index (χ3v) is 3.77. The van der Waals surface area contributed by atoms with E-state index in [0.29, 0.717) is 12.5 Å². The van der Waals surface area contributed by atoms with Gasteiger partial charge in [-0.05, 0) is 33.2 Å². The van der Waals surface area contributed by atoms with Crippen molar-refractivity contribution in [2.24, 2.45) is 7.05 Å². The Bertz CT molecular complexity index is 441. The topological polar surface area (TPSA) is 44.9 Å². The molecular formula is C13H20N4. The number of hydrogen-bond donors (Lipinski definition) is 0. The van der Waals surface area contributed by atoms with Gasteiger partial charge in [0, 0.05) is 37.3 Å². The minimum Gasteiger partial charge on any atom is -0.295 e. The molecule has 1 aromatic heterocycles. The smallest absolute Gasteiger partial charge is 0.0644 e. The summed E-state index contributed by atoms with van der Waals surface area (Å²) in [6, 6.07) is 2.71. The first-order valence-electron chi connectivity index (χ1n) is 6.26. The summed E-state index contributed by atoms with van der Waals surface area (Å²) < 4.78 is 1.96. The molecule has 4 nitrogen and oxygen atoms in total. The first kappa shape index (κ1) is 12.1. The molecule has 1 saturated heterocycles. The average Bonchev–Trinajstić information content (AvgIpc) is 2.82. The molecule has 0 aliphatic carbocycles. The SMILES string of the molecule is Cc1nn(C)c(C)c1C1CCCN1CCC#N. The van der Waals surface area contributed by atoms with E-state index in [2.05, 4.69) is 29.9 Å². The lowest BCUT2D eigenvalue weighted by Crippen LogP contribution is -2.25. The van der Waals surface area contributed by atoms with E-state index >= 15 is 0 Å². The van der Waals surface area contributed by atoms with Crippen LogP contribution in [0.3, 0.4) is 0 Å². The Morgan fingerprint density at radius 2 is 2.24 bits per heavy atom. The number of likely N-dealkylation sites (tertiary alicyclic amines) is 1. The van der Waals surface area contributed by atoms with Crippen molar-refractivity contribution >= 4 is 0 Å². The van der Waals surface area contributed by atoms with Crippen molar-refractivity contribution in [1.29, 1.82) is 5.26 Å². The van der Waals surface area contributed by atoms with Crippen molar-refractivity contribution in [3.05, 3.63) is 17.0 Å². The largest absolute Gasteiger partial charge is 0.295 e. The zero-order valence-corrected chi connectivity index (χ0v) is 10.9. The zero-order chi connectivity index (χ0) is 12.4. The third kappa shape index (κ3) is 2.20. The van der Waals surface area contributed by atoms with Gasteiger partial charge in [-0.25, -0.2) is 0 Å². The Kier molecular flexibility index (Phi) is 3.49. The van der Waals surface area contributed by atoms with E-state index in [1.54, 1.807) is 0 Å². The van der Waals surface area contributed by atoms with Gasteiger partial charge in [0.2, 0.25) is 0 Å². The summed E-state index contributed by atoms with van der Waals surface area (Å²) in [5, 5.41) is 13.2. The highest BCUT2D eigenvalue weighted by molar-refractivity contribution is 5.29. The lowest BCUT2D eigenvalue weighted by Gasteiger charge is -2.24. The molecule has 1 aliphatic rings. The highest BCUT2D eigenvalue weighted by Crippen LogP contribution is 2.35. The predicted molar refractivity (Wildman–Crippen MR) is 66.5 cm³/mol. The van der Waals surface area contributed by atoms with Gasteiger partial charge in [-0.15, -0.1) is 0 Å². The van der Waals surface area contributed by atoms with Crippen molar-refractivity contribution in [2.75, 3.05) is 13.1 Å². The molecule has 0 radical (unpaired) electrons. The van der Waals surface area contributed by atoms with Crippen LogP contribution in [0.1, 0.15) is 42.3 Å². The van der Waals surface area contributed by atoms with Crippen LogP contribution in [0, 0.1) is 25.2 Å². The molecule has 4 heteroatoms. The van der Waals surface area contributed by atoms with Crippen LogP contribution < -0.4 is 0 Å². The Morgan fingerprint density at radius 3 is 2.82 bits per heavy atom. The summed E-state index contributed by atoms with van der Waals surface area (Å²) >= 11 is 0. The molecule has 1 fully saturated rings. The molecule has 2 heterocycles. The van der Waals surface area contributed by atoms with E-state index in [1.165, 1.54) is 24.1 Å². The number of nitriles is 1. The fourth-order valence-corrected chi connectivity index (χ4v) is 2.89. The molecule has 0 bridgehead atoms. The average molecular weight is 232 g/mol. The molecule has 0 saturated carbocycles. The fourth-order valence-electron chi connectivity index (χ4n) is 2.89. The van der Waals surface area contributed by atoms with Gasteiger partial charge in [0.05, 0.1) is 11.8 Å². The monoisotopic (exact) mass is 232 g/mol. The number of hydrogen-bond acceptors (Lipinski definition) is 3. The van der Waals surface area contributed by atoms with Crippen molar-refractivity contribution in [3.63, 3.8) is 0 Å². The van der Waals surface area contributed by atoms with Crippen LogP contribution in [0.5, 0.6) is 0 Å². The maximum absolute atomic E-state index is 8.70. The van der Waals surface area contributed by atoms with Crippen molar-refractivity contribution in [3.8, 4) is 6.07 Å². The number of aromatic nitrogens is 2. The number of nitrogens with zero attached hydrogens (tertiary/aromatic N) is 4. The lowest BCUT2D eigenvalue weighted by molar-refractivity contribution is 0.262. The Balaban J connectivity index is 2.23. The molecule has 1 atom stereocenters. The summed E-state index contributed by atoms with van der Waals surface area (Å²) in [5.41, 5.74) is 3.78. The Hall–Kier alpha value is -1.34. The van der Waals surface area contributed by atoms with Crippen LogP contribution in [0.25, 0.3) is 0 Å². The molecular weight excluding hydrogens is 212 g/mol. The van der Waals surface area contributed by atoms with Crippen molar-refractivity contribution in [2.45, 2.75) is 39.2 Å². The molecule has 0 N–H and O–H groups in total. The number of rotatable bonds is 3. The summed E-state index contributed by atoms with van der Waals surface area (Å²) in [5.74, 6) is 0. The summed E-state index contributed by atoms with van der Waals surface area (Å²) in [6.45, 7) is 6.22. The lowest BCUT2D eigenvalue weighted by atomic mass is 10.0. The van der Waals surface area contributed by atoms with Crippen molar-refractivity contribution in [1.82, 2.24) is 14.7 Å². The van der Waals surface area contributed by atoms with E-state index in [4.69, 9.17) is 5.26 Å². The van der Waals surface area contributed by atoms with E-state index in [9.17, 15) is 0 Å². The predicted octanol–water partition coefficient (Wildman–Crippen LogP) is 2.09. The highest BCUT2D eigenvalue weighted by Gasteiger charge is 2.29. The van der Waals surface area contributed by atoms with Crippen LogP contribution in [0.15, 0.2) is 0 Å². The molecule has 0 spiro atoms. The first-order chi connectivity index (χ1) is 8.15. The quantitative estimate of drug-likeness (QED) is 0.801. The van der Waals surface area contributed by atoms with Gasteiger partial charge in [0.1, 0.15) is 0 Å². The highest BCUT2D eigenvalue weighted by atomic mass is 15.3. The third-order valence-electron chi connectivity index (χ3n) is 3.77. The molecule has 1 unspecified atom stereocenters. The van der Waals surface area contributed by atoms with E-state index in [0.717, 1.165) is 18.8 Å². The van der Waals surface area contributed by atoms with E-state index in [1.807, 2.05) is 11.7 Å². The van der Waals surface area contributed by atoms with Gasteiger partial charge in [-0.2, -0.15) is 10.4 Å². The van der Waals surface area contributed by atoms with Gasteiger partial charge in [0.25, 0.3) is 0 Å². The molecule has 0 amide bonds. The second kappa shape index (κ2) is 4.89. The molecule has 2 rings (SSSR count). The maximum Gasteiger partial charge on any atom is 0.0644 e. The second-order valence-electron chi connectivity index (χ2n) is 4.81. The van der Waals surface area contributed by atoms with E-state index in [-0.39, 0.29) is 0 Å². The van der Waals surface area contributed by atoms with Crippen molar-refractivity contribution < 1.29 is 0 Å². The summed E-state index contributed by atoms with van der Waals surface area (Å²) in [6.07, 6.45) is 3.04. The van der Waals surface area contributed by atoms with E-state index < -0.39 is 0 Å². The Labute approximate surface area is 103 Å². The molecule has 1 aromatic rings. The second-order valence-corrected chi connectivity index (χ2v) is 4.81. The van der Waals surface area contributed by atoms with Gasteiger partial charge in [-0.1, -0.05) is 0 Å². The Morgan fingerprint density at radius 1 is 1.47 bits per heavy atom. The minimum atomic E-state index is 0.469. The summed E-state index contributed by atoms with van der Waals surface area (Å²) in [4.78, 5) is 2.43. The van der Waals surface area contributed by atoms with Crippen LogP contribution in [0.2, 0.25) is 0 Å². The van der Waals surface area contributed by atoms with Crippen LogP contribution in [-0.4, -0.2) is 27.8 Å². The van der Waals surface area contributed by atoms with Gasteiger partial charge >= 0.3 is 0 Å². The minimum absolute atomic E-state index is 0.469. The van der Waals surface area contributed by atoms with Gasteiger partial charge < -0.3 is 0 Å². The molecule has 1 aliphatic heterocycles. The standard InChI is InChI=1S/C13H20N4/c1-10-13(11(2)16(3)15-10)12-6-4-8-17(12)9-5-7-14/h12H,4-6,8-9H2,1-3H3.